The van der Waals surface area contributed by atoms with Crippen molar-refractivity contribution in [1.82, 2.24) is 5.32 Å². The summed E-state index contributed by atoms with van der Waals surface area (Å²) in [6, 6.07) is 8.10. The lowest BCUT2D eigenvalue weighted by Crippen LogP contribution is -2.42. The molecule has 0 spiro atoms. The number of nitrogens with one attached hydrogen (secondary N) is 2. The number of carbonyl (C=O) groups excluding carboxylic acids is 1. The van der Waals surface area contributed by atoms with E-state index in [2.05, 4.69) is 31.4 Å². The first-order chi connectivity index (χ1) is 10.1. The zero-order chi connectivity index (χ0) is 15.2. The average molecular weight is 288 g/mol. The molecule has 0 saturated heterocycles. The van der Waals surface area contributed by atoms with Crippen LogP contribution in [0.1, 0.15) is 56.8 Å². The standard InChI is InChI=1S/C18H28N2O/c1-4-11-19-17-8-6-5-7-15(17)18(21)20-16-10-9-13(2)12-14(16)3/h5-8,13-14,16,19H,4,9-12H2,1-3H3,(H,20,21). The molecule has 21 heavy (non-hydrogen) atoms. The van der Waals surface area contributed by atoms with Crippen LogP contribution in [-0.2, 0) is 0 Å². The van der Waals surface area contributed by atoms with Gasteiger partial charge in [0.25, 0.3) is 5.91 Å². The first-order valence-corrected chi connectivity index (χ1v) is 8.25. The Morgan fingerprint density at radius 1 is 1.24 bits per heavy atom. The summed E-state index contributed by atoms with van der Waals surface area (Å²) in [4.78, 5) is 12.6. The van der Waals surface area contributed by atoms with Gasteiger partial charge in [-0.15, -0.1) is 0 Å². The van der Waals surface area contributed by atoms with Crippen molar-refractivity contribution in [2.75, 3.05) is 11.9 Å². The molecule has 3 unspecified atom stereocenters. The molecular formula is C18H28N2O. The van der Waals surface area contributed by atoms with Crippen molar-refractivity contribution in [1.29, 1.82) is 0 Å². The van der Waals surface area contributed by atoms with Crippen LogP contribution < -0.4 is 10.6 Å². The van der Waals surface area contributed by atoms with Crippen molar-refractivity contribution in [3.05, 3.63) is 29.8 Å². The molecule has 0 radical (unpaired) electrons. The lowest BCUT2D eigenvalue weighted by molar-refractivity contribution is 0.0900. The maximum atomic E-state index is 12.6. The first-order valence-electron chi connectivity index (χ1n) is 8.25. The van der Waals surface area contributed by atoms with Gasteiger partial charge in [0.1, 0.15) is 0 Å². The van der Waals surface area contributed by atoms with E-state index in [1.807, 2.05) is 24.3 Å². The quantitative estimate of drug-likeness (QED) is 0.857. The molecule has 0 heterocycles. The summed E-state index contributed by atoms with van der Waals surface area (Å²) >= 11 is 0. The van der Waals surface area contributed by atoms with Gasteiger partial charge < -0.3 is 10.6 Å². The SMILES string of the molecule is CCCNc1ccccc1C(=O)NC1CCC(C)CC1C. The van der Waals surface area contributed by atoms with Gasteiger partial charge in [0, 0.05) is 18.3 Å². The molecule has 1 aromatic carbocycles. The first kappa shape index (κ1) is 15.9. The van der Waals surface area contributed by atoms with E-state index in [0.29, 0.717) is 12.0 Å². The van der Waals surface area contributed by atoms with Gasteiger partial charge in [-0.1, -0.05) is 32.9 Å². The molecule has 2 rings (SSSR count). The number of rotatable bonds is 5. The Labute approximate surface area is 128 Å². The second-order valence-corrected chi connectivity index (χ2v) is 6.45. The van der Waals surface area contributed by atoms with Crippen LogP contribution in [0.25, 0.3) is 0 Å². The molecule has 3 heteroatoms. The van der Waals surface area contributed by atoms with Crippen LogP contribution in [0.15, 0.2) is 24.3 Å². The summed E-state index contributed by atoms with van der Waals surface area (Å²) < 4.78 is 0. The highest BCUT2D eigenvalue weighted by atomic mass is 16.1. The molecule has 116 valence electrons. The third-order valence-electron chi connectivity index (χ3n) is 4.49. The monoisotopic (exact) mass is 288 g/mol. The number of carbonyl (C=O) groups is 1. The summed E-state index contributed by atoms with van der Waals surface area (Å²) in [7, 11) is 0. The summed E-state index contributed by atoms with van der Waals surface area (Å²) in [6.07, 6.45) is 4.57. The van der Waals surface area contributed by atoms with Crippen molar-refractivity contribution in [2.45, 2.75) is 52.5 Å². The lowest BCUT2D eigenvalue weighted by Gasteiger charge is -2.33. The van der Waals surface area contributed by atoms with Gasteiger partial charge in [-0.05, 0) is 49.7 Å². The topological polar surface area (TPSA) is 41.1 Å². The third kappa shape index (κ3) is 4.23. The van der Waals surface area contributed by atoms with Crippen LogP contribution in [-0.4, -0.2) is 18.5 Å². The van der Waals surface area contributed by atoms with Gasteiger partial charge in [-0.3, -0.25) is 4.79 Å². The Hall–Kier alpha value is -1.51. The number of benzene rings is 1. The largest absolute Gasteiger partial charge is 0.384 e. The second-order valence-electron chi connectivity index (χ2n) is 6.45. The molecule has 1 amide bonds. The maximum Gasteiger partial charge on any atom is 0.253 e. The number of amides is 1. The Morgan fingerprint density at radius 3 is 2.71 bits per heavy atom. The van der Waals surface area contributed by atoms with Crippen molar-refractivity contribution < 1.29 is 4.79 Å². The molecule has 0 aromatic heterocycles. The maximum absolute atomic E-state index is 12.6. The van der Waals surface area contributed by atoms with E-state index in [9.17, 15) is 4.79 Å². The second kappa shape index (κ2) is 7.48. The molecule has 3 atom stereocenters. The zero-order valence-electron chi connectivity index (χ0n) is 13.5. The molecule has 1 aliphatic carbocycles. The van der Waals surface area contributed by atoms with E-state index >= 15 is 0 Å². The van der Waals surface area contributed by atoms with E-state index in [1.54, 1.807) is 0 Å². The highest BCUT2D eigenvalue weighted by Crippen LogP contribution is 2.29. The Kier molecular flexibility index (Phi) is 5.66. The number of hydrogen-bond acceptors (Lipinski definition) is 2. The van der Waals surface area contributed by atoms with Crippen molar-refractivity contribution in [2.24, 2.45) is 11.8 Å². The molecular weight excluding hydrogens is 260 g/mol. The average Bonchev–Trinajstić information content (AvgIpc) is 2.48. The molecule has 1 saturated carbocycles. The predicted octanol–water partition coefficient (Wildman–Crippen LogP) is 4.06. The van der Waals surface area contributed by atoms with Crippen LogP contribution in [0, 0.1) is 11.8 Å². The highest BCUT2D eigenvalue weighted by molar-refractivity contribution is 5.99. The molecule has 1 fully saturated rings. The molecule has 3 nitrogen and oxygen atoms in total. The van der Waals surface area contributed by atoms with Gasteiger partial charge in [0.15, 0.2) is 0 Å². The number of hydrogen-bond donors (Lipinski definition) is 2. The van der Waals surface area contributed by atoms with E-state index < -0.39 is 0 Å². The van der Waals surface area contributed by atoms with Crippen LogP contribution in [0.5, 0.6) is 0 Å². The fourth-order valence-electron chi connectivity index (χ4n) is 3.22. The summed E-state index contributed by atoms with van der Waals surface area (Å²) in [5, 5.41) is 6.58. The highest BCUT2D eigenvalue weighted by Gasteiger charge is 2.27. The van der Waals surface area contributed by atoms with Crippen LogP contribution in [0.3, 0.4) is 0 Å². The smallest absolute Gasteiger partial charge is 0.253 e. The van der Waals surface area contributed by atoms with Gasteiger partial charge in [0.05, 0.1) is 5.56 Å². The third-order valence-corrected chi connectivity index (χ3v) is 4.49. The predicted molar refractivity (Wildman–Crippen MR) is 88.7 cm³/mol. The zero-order valence-corrected chi connectivity index (χ0v) is 13.5. The molecule has 2 N–H and O–H groups in total. The van der Waals surface area contributed by atoms with Crippen molar-refractivity contribution >= 4 is 11.6 Å². The van der Waals surface area contributed by atoms with E-state index in [-0.39, 0.29) is 5.91 Å². The fraction of sp³-hybridized carbons (Fsp3) is 0.611. The van der Waals surface area contributed by atoms with Gasteiger partial charge in [-0.25, -0.2) is 0 Å². The Morgan fingerprint density at radius 2 is 2.00 bits per heavy atom. The van der Waals surface area contributed by atoms with Gasteiger partial charge in [0.2, 0.25) is 0 Å². The number of para-hydroxylation sites is 1. The minimum absolute atomic E-state index is 0.0561. The minimum atomic E-state index is 0.0561. The molecule has 1 aromatic rings. The summed E-state index contributed by atoms with van der Waals surface area (Å²) in [5.74, 6) is 1.40. The van der Waals surface area contributed by atoms with Crippen LogP contribution >= 0.6 is 0 Å². The van der Waals surface area contributed by atoms with E-state index in [0.717, 1.165) is 36.6 Å². The number of anilines is 1. The molecule has 0 bridgehead atoms. The van der Waals surface area contributed by atoms with Crippen LogP contribution in [0.4, 0.5) is 5.69 Å². The van der Waals surface area contributed by atoms with E-state index in [4.69, 9.17) is 0 Å². The summed E-state index contributed by atoms with van der Waals surface area (Å²) in [6.45, 7) is 7.57. The Bertz CT molecular complexity index is 472. The molecule has 0 aliphatic heterocycles. The Balaban J connectivity index is 2.03. The summed E-state index contributed by atoms with van der Waals surface area (Å²) in [5.41, 5.74) is 1.70. The normalized spacial score (nSPS) is 25.4. The lowest BCUT2D eigenvalue weighted by atomic mass is 9.80. The van der Waals surface area contributed by atoms with Crippen molar-refractivity contribution in [3.63, 3.8) is 0 Å². The fourth-order valence-corrected chi connectivity index (χ4v) is 3.22. The van der Waals surface area contributed by atoms with Crippen molar-refractivity contribution in [3.8, 4) is 0 Å². The molecule has 1 aliphatic rings. The van der Waals surface area contributed by atoms with Gasteiger partial charge in [-0.2, -0.15) is 0 Å². The minimum Gasteiger partial charge on any atom is -0.384 e. The van der Waals surface area contributed by atoms with E-state index in [1.165, 1.54) is 12.8 Å². The van der Waals surface area contributed by atoms with Gasteiger partial charge >= 0.3 is 0 Å². The van der Waals surface area contributed by atoms with Crippen LogP contribution in [0.2, 0.25) is 0 Å².